The fraction of sp³-hybridized carbons (Fsp3) is 0.417. The summed E-state index contributed by atoms with van der Waals surface area (Å²) in [6, 6.07) is 6.03. The Labute approximate surface area is 204 Å². The molecule has 0 atom stereocenters. The summed E-state index contributed by atoms with van der Waals surface area (Å²) in [4.78, 5) is 25.2. The minimum atomic E-state index is -4.59. The molecular weight excluding hydrogens is 481 g/mol. The molecule has 0 radical (unpaired) electrons. The number of thiazole rings is 1. The van der Waals surface area contributed by atoms with E-state index in [1.165, 1.54) is 11.3 Å². The summed E-state index contributed by atoms with van der Waals surface area (Å²) in [5.74, 6) is -0.728. The van der Waals surface area contributed by atoms with E-state index >= 15 is 0 Å². The quantitative estimate of drug-likeness (QED) is 0.388. The molecule has 4 rings (SSSR count). The number of hydrogen-bond acceptors (Lipinski definition) is 8. The first-order valence-corrected chi connectivity index (χ1v) is 12.1. The van der Waals surface area contributed by atoms with Crippen LogP contribution < -0.4 is 5.32 Å². The number of rotatable bonds is 6. The standard InChI is InChI=1S/C24H25F3N4O3S/c1-3-34-21(33)23(8-5-4-6-9-23)20-31-19(32)18(35-20)15-11-14(2)12-16(13-15)29-22-28-10-7-17(30-22)24(25,26)27/h7,10-13,32H,3-6,8-9H2,1-2H3,(H,28,29,30). The van der Waals surface area contributed by atoms with Crippen molar-refractivity contribution in [1.82, 2.24) is 15.0 Å². The molecule has 2 N–H and O–H groups in total. The highest BCUT2D eigenvalue weighted by Gasteiger charge is 2.46. The first kappa shape index (κ1) is 24.9. The van der Waals surface area contributed by atoms with E-state index in [2.05, 4.69) is 20.3 Å². The lowest BCUT2D eigenvalue weighted by atomic mass is 9.74. The van der Waals surface area contributed by atoms with Crippen LogP contribution in [-0.4, -0.2) is 32.6 Å². The molecular formula is C24H25F3N4O3S. The molecule has 1 aliphatic rings. The summed E-state index contributed by atoms with van der Waals surface area (Å²) in [6.07, 6.45) is 0.409. The van der Waals surface area contributed by atoms with Crippen molar-refractivity contribution in [2.24, 2.45) is 0 Å². The average molecular weight is 507 g/mol. The summed E-state index contributed by atoms with van der Waals surface area (Å²) in [7, 11) is 0. The second-order valence-electron chi connectivity index (χ2n) is 8.51. The molecule has 0 spiro atoms. The first-order valence-electron chi connectivity index (χ1n) is 11.3. The number of nitrogens with zero attached hydrogens (tertiary/aromatic N) is 3. The van der Waals surface area contributed by atoms with Crippen LogP contribution in [0.25, 0.3) is 10.4 Å². The zero-order valence-electron chi connectivity index (χ0n) is 19.3. The molecule has 7 nitrogen and oxygen atoms in total. The predicted octanol–water partition coefficient (Wildman–Crippen LogP) is 6.14. The third-order valence-corrected chi connectivity index (χ3v) is 7.23. The van der Waals surface area contributed by atoms with E-state index in [4.69, 9.17) is 4.74 Å². The lowest BCUT2D eigenvalue weighted by Gasteiger charge is -2.32. The normalized spacial score (nSPS) is 15.6. The second kappa shape index (κ2) is 9.80. The average Bonchev–Trinajstić information content (AvgIpc) is 3.21. The predicted molar refractivity (Wildman–Crippen MR) is 126 cm³/mol. The van der Waals surface area contributed by atoms with Gasteiger partial charge in [-0.2, -0.15) is 13.2 Å². The number of alkyl halides is 3. The Hall–Kier alpha value is -3.21. The van der Waals surface area contributed by atoms with Gasteiger partial charge in [0.2, 0.25) is 11.8 Å². The molecule has 0 amide bonds. The van der Waals surface area contributed by atoms with Gasteiger partial charge in [-0.15, -0.1) is 11.3 Å². The molecule has 35 heavy (non-hydrogen) atoms. The summed E-state index contributed by atoms with van der Waals surface area (Å²) in [6.45, 7) is 3.84. The Balaban J connectivity index is 1.68. The number of benzene rings is 1. The summed E-state index contributed by atoms with van der Waals surface area (Å²) in [5, 5.41) is 14.0. The number of aromatic nitrogens is 3. The van der Waals surface area contributed by atoms with Gasteiger partial charge >= 0.3 is 12.1 Å². The molecule has 2 heterocycles. The first-order chi connectivity index (χ1) is 16.6. The van der Waals surface area contributed by atoms with Crippen molar-refractivity contribution in [3.63, 3.8) is 0 Å². The van der Waals surface area contributed by atoms with Crippen LogP contribution in [-0.2, 0) is 21.1 Å². The highest BCUT2D eigenvalue weighted by atomic mass is 32.1. The number of halogens is 3. The largest absolute Gasteiger partial charge is 0.492 e. The van der Waals surface area contributed by atoms with Crippen molar-refractivity contribution in [3.05, 3.63) is 46.7 Å². The molecule has 0 saturated heterocycles. The maximum Gasteiger partial charge on any atom is 0.433 e. The van der Waals surface area contributed by atoms with E-state index in [-0.39, 0.29) is 24.4 Å². The van der Waals surface area contributed by atoms with Crippen LogP contribution in [0.1, 0.15) is 55.3 Å². The summed E-state index contributed by atoms with van der Waals surface area (Å²) < 4.78 is 44.4. The minimum absolute atomic E-state index is 0.200. The van der Waals surface area contributed by atoms with Gasteiger partial charge in [0.25, 0.3) is 0 Å². The van der Waals surface area contributed by atoms with Gasteiger partial charge in [0.15, 0.2) is 0 Å². The van der Waals surface area contributed by atoms with Gasteiger partial charge in [0, 0.05) is 11.9 Å². The Bertz CT molecular complexity index is 1220. The van der Waals surface area contributed by atoms with Gasteiger partial charge in [-0.1, -0.05) is 25.3 Å². The van der Waals surface area contributed by atoms with Crippen LogP contribution in [0.3, 0.4) is 0 Å². The van der Waals surface area contributed by atoms with E-state index in [1.54, 1.807) is 19.1 Å². The van der Waals surface area contributed by atoms with Gasteiger partial charge in [0.1, 0.15) is 16.1 Å². The zero-order valence-corrected chi connectivity index (χ0v) is 20.1. The number of carbonyl (C=O) groups is 1. The fourth-order valence-electron chi connectivity index (χ4n) is 4.33. The minimum Gasteiger partial charge on any atom is -0.492 e. The Kier molecular flexibility index (Phi) is 6.98. The summed E-state index contributed by atoms with van der Waals surface area (Å²) in [5.41, 5.74) is -0.0821. The number of aryl methyl sites for hydroxylation is 1. The Morgan fingerprint density at radius 1 is 1.20 bits per heavy atom. The zero-order chi connectivity index (χ0) is 25.2. The van der Waals surface area contributed by atoms with Crippen molar-refractivity contribution in [3.8, 4) is 16.3 Å². The highest BCUT2D eigenvalue weighted by Crippen LogP contribution is 2.47. The monoisotopic (exact) mass is 506 g/mol. The number of anilines is 2. The third kappa shape index (κ3) is 5.24. The van der Waals surface area contributed by atoms with Crippen molar-refractivity contribution in [2.75, 3.05) is 11.9 Å². The number of nitrogens with one attached hydrogen (secondary N) is 1. The molecule has 1 saturated carbocycles. The summed E-state index contributed by atoms with van der Waals surface area (Å²) >= 11 is 1.23. The molecule has 1 fully saturated rings. The van der Waals surface area contributed by atoms with Gasteiger partial charge < -0.3 is 15.2 Å². The van der Waals surface area contributed by atoms with Crippen molar-refractivity contribution in [1.29, 1.82) is 0 Å². The molecule has 2 aromatic heterocycles. The molecule has 3 aromatic rings. The Morgan fingerprint density at radius 2 is 1.94 bits per heavy atom. The second-order valence-corrected chi connectivity index (χ2v) is 9.51. The molecule has 0 unspecified atom stereocenters. The maximum atomic E-state index is 13.0. The molecule has 0 aliphatic heterocycles. The van der Waals surface area contributed by atoms with Gasteiger partial charge in [-0.25, -0.2) is 15.0 Å². The number of ether oxygens (including phenoxy) is 1. The lowest BCUT2D eigenvalue weighted by Crippen LogP contribution is -2.39. The van der Waals surface area contributed by atoms with E-state index < -0.39 is 17.3 Å². The van der Waals surface area contributed by atoms with Crippen molar-refractivity contribution in [2.45, 2.75) is 57.5 Å². The Morgan fingerprint density at radius 3 is 2.63 bits per heavy atom. The van der Waals surface area contributed by atoms with Crippen LogP contribution in [0.15, 0.2) is 30.5 Å². The smallest absolute Gasteiger partial charge is 0.433 e. The maximum absolute atomic E-state index is 13.0. The van der Waals surface area contributed by atoms with Crippen molar-refractivity contribution >= 4 is 28.9 Å². The highest BCUT2D eigenvalue weighted by molar-refractivity contribution is 7.15. The molecule has 186 valence electrons. The molecule has 1 aromatic carbocycles. The van der Waals surface area contributed by atoms with E-state index in [1.807, 2.05) is 13.0 Å². The fourth-order valence-corrected chi connectivity index (χ4v) is 5.51. The van der Waals surface area contributed by atoms with Crippen LogP contribution in [0, 0.1) is 6.92 Å². The third-order valence-electron chi connectivity index (χ3n) is 5.93. The topological polar surface area (TPSA) is 97.2 Å². The molecule has 11 heteroatoms. The number of hydrogen-bond donors (Lipinski definition) is 2. The van der Waals surface area contributed by atoms with Gasteiger partial charge in [-0.3, -0.25) is 4.79 Å². The van der Waals surface area contributed by atoms with E-state index in [0.29, 0.717) is 34.0 Å². The van der Waals surface area contributed by atoms with Gasteiger partial charge in [0.05, 0.1) is 11.5 Å². The van der Waals surface area contributed by atoms with E-state index in [9.17, 15) is 23.1 Å². The van der Waals surface area contributed by atoms with Crippen molar-refractivity contribution < 1.29 is 27.8 Å². The van der Waals surface area contributed by atoms with Crippen LogP contribution in [0.5, 0.6) is 5.88 Å². The lowest BCUT2D eigenvalue weighted by molar-refractivity contribution is -0.151. The van der Waals surface area contributed by atoms with Crippen LogP contribution in [0.4, 0.5) is 24.8 Å². The van der Waals surface area contributed by atoms with E-state index in [0.717, 1.165) is 37.1 Å². The van der Waals surface area contributed by atoms with Crippen LogP contribution in [0.2, 0.25) is 0 Å². The van der Waals surface area contributed by atoms with Crippen LogP contribution >= 0.6 is 11.3 Å². The number of esters is 1. The molecule has 1 aliphatic carbocycles. The molecule has 0 bridgehead atoms. The SMILES string of the molecule is CCOC(=O)C1(c2nc(O)c(-c3cc(C)cc(Nc4nccc(C(F)(F)F)n4)c3)s2)CCCCC1. The van der Waals surface area contributed by atoms with Gasteiger partial charge in [-0.05, 0) is 56.0 Å². The number of carbonyl (C=O) groups excluding carboxylic acids is 1. The number of aromatic hydroxyl groups is 1.